The van der Waals surface area contributed by atoms with E-state index >= 15 is 0 Å². The lowest BCUT2D eigenvalue weighted by Gasteiger charge is -2.23. The van der Waals surface area contributed by atoms with E-state index in [1.54, 1.807) is 6.92 Å². The molecule has 0 unspecified atom stereocenters. The van der Waals surface area contributed by atoms with Gasteiger partial charge in [0.1, 0.15) is 6.54 Å². The Balaban J connectivity index is 1.90. The van der Waals surface area contributed by atoms with E-state index in [0.29, 0.717) is 18.4 Å². The fourth-order valence-electron chi connectivity index (χ4n) is 2.32. The lowest BCUT2D eigenvalue weighted by atomic mass is 10.3. The van der Waals surface area contributed by atoms with Crippen LogP contribution in [0.25, 0.3) is 4.96 Å². The summed E-state index contributed by atoms with van der Waals surface area (Å²) < 4.78 is 40.1. The summed E-state index contributed by atoms with van der Waals surface area (Å²) >= 11 is 1.43. The van der Waals surface area contributed by atoms with E-state index in [2.05, 4.69) is 10.3 Å². The van der Waals surface area contributed by atoms with Gasteiger partial charge in [-0.05, 0) is 19.8 Å². The maximum absolute atomic E-state index is 12.7. The van der Waals surface area contributed by atoms with Crippen molar-refractivity contribution in [2.24, 2.45) is 0 Å². The highest BCUT2D eigenvalue weighted by atomic mass is 32.1. The highest BCUT2D eigenvalue weighted by Crippen LogP contribution is 2.28. The molecule has 2 aromatic rings. The van der Waals surface area contributed by atoms with E-state index in [1.807, 2.05) is 16.0 Å². The van der Waals surface area contributed by atoms with Gasteiger partial charge in [0.25, 0.3) is 0 Å². The average molecular weight is 318 g/mol. The van der Waals surface area contributed by atoms with Gasteiger partial charge >= 0.3 is 6.18 Å². The molecule has 1 aliphatic carbocycles. The maximum atomic E-state index is 12.7. The summed E-state index contributed by atoms with van der Waals surface area (Å²) in [5.41, 5.74) is 0.809. The molecule has 0 amide bonds. The molecule has 0 spiro atoms. The van der Waals surface area contributed by atoms with Crippen molar-refractivity contribution in [1.82, 2.24) is 14.7 Å². The quantitative estimate of drug-likeness (QED) is 0.888. The number of nitrogens with one attached hydrogen (secondary N) is 1. The summed E-state index contributed by atoms with van der Waals surface area (Å²) in [6.45, 7) is 1.58. The first-order chi connectivity index (χ1) is 9.98. The van der Waals surface area contributed by atoms with Crippen molar-refractivity contribution in [1.29, 1.82) is 0 Å². The van der Waals surface area contributed by atoms with E-state index in [-0.39, 0.29) is 6.54 Å². The summed E-state index contributed by atoms with van der Waals surface area (Å²) in [6.07, 6.45) is -0.0853. The smallest absolute Gasteiger partial charge is 0.346 e. The average Bonchev–Trinajstić information content (AvgIpc) is 3.01. The van der Waals surface area contributed by atoms with Crippen LogP contribution in [0.1, 0.15) is 25.5 Å². The highest BCUT2D eigenvalue weighted by Gasteiger charge is 2.33. The molecule has 1 fully saturated rings. The molecule has 0 radical (unpaired) electrons. The number of anilines is 1. The van der Waals surface area contributed by atoms with Crippen LogP contribution in [-0.2, 0) is 6.54 Å². The van der Waals surface area contributed by atoms with E-state index in [4.69, 9.17) is 0 Å². The van der Waals surface area contributed by atoms with E-state index < -0.39 is 12.7 Å². The Morgan fingerprint density at radius 3 is 2.86 bits per heavy atom. The van der Waals surface area contributed by atoms with Crippen LogP contribution in [0.2, 0.25) is 0 Å². The summed E-state index contributed by atoms with van der Waals surface area (Å²) in [5, 5.41) is 5.25. The van der Waals surface area contributed by atoms with Gasteiger partial charge in [0, 0.05) is 30.7 Å². The molecular weight excluding hydrogens is 301 g/mol. The molecule has 1 N–H and O–H groups in total. The van der Waals surface area contributed by atoms with E-state index in [9.17, 15) is 13.2 Å². The van der Waals surface area contributed by atoms with Crippen LogP contribution in [0, 0.1) is 0 Å². The van der Waals surface area contributed by atoms with Gasteiger partial charge in [-0.25, -0.2) is 4.98 Å². The van der Waals surface area contributed by atoms with Gasteiger partial charge in [-0.2, -0.15) is 13.2 Å². The Morgan fingerprint density at radius 1 is 1.48 bits per heavy atom. The van der Waals surface area contributed by atoms with Crippen molar-refractivity contribution in [2.75, 3.05) is 18.0 Å². The number of rotatable bonds is 6. The number of hydrogen-bond acceptors (Lipinski definition) is 4. The molecule has 0 aliphatic heterocycles. The van der Waals surface area contributed by atoms with E-state index in [1.165, 1.54) is 16.2 Å². The van der Waals surface area contributed by atoms with Crippen LogP contribution in [0.4, 0.5) is 19.0 Å². The second-order valence-corrected chi connectivity index (χ2v) is 6.10. The van der Waals surface area contributed by atoms with Gasteiger partial charge in [-0.15, -0.1) is 11.3 Å². The van der Waals surface area contributed by atoms with Crippen LogP contribution in [0.3, 0.4) is 0 Å². The van der Waals surface area contributed by atoms with Gasteiger partial charge in [0.2, 0.25) is 0 Å². The second-order valence-electron chi connectivity index (χ2n) is 5.22. The zero-order valence-electron chi connectivity index (χ0n) is 11.7. The molecule has 0 bridgehead atoms. The first-order valence-corrected chi connectivity index (χ1v) is 7.85. The summed E-state index contributed by atoms with van der Waals surface area (Å²) in [5.74, 6) is 0.440. The molecular formula is C13H17F3N4S. The van der Waals surface area contributed by atoms with Crippen LogP contribution in [0.15, 0.2) is 11.6 Å². The molecule has 116 valence electrons. The number of halogens is 3. The zero-order chi connectivity index (χ0) is 15.0. The number of imidazole rings is 1. The van der Waals surface area contributed by atoms with Gasteiger partial charge in [-0.3, -0.25) is 4.40 Å². The molecule has 2 aromatic heterocycles. The van der Waals surface area contributed by atoms with Crippen LogP contribution < -0.4 is 10.2 Å². The number of aromatic nitrogens is 2. The molecule has 1 saturated carbocycles. The number of nitrogens with zero attached hydrogens (tertiary/aromatic N) is 3. The minimum atomic E-state index is -4.23. The lowest BCUT2D eigenvalue weighted by molar-refractivity contribution is -0.119. The molecule has 0 saturated heterocycles. The molecule has 4 nitrogen and oxygen atoms in total. The van der Waals surface area contributed by atoms with Crippen molar-refractivity contribution < 1.29 is 13.2 Å². The standard InChI is InChI=1S/C13H17F3N4S/c1-2-19(8-13(14,15)16)11-10(7-17-9-3-4-9)20-5-6-21-12(20)18-11/h5-6,9,17H,2-4,7-8H2,1H3. The molecule has 1 aliphatic rings. The third kappa shape index (κ3) is 3.32. The third-order valence-corrected chi connectivity index (χ3v) is 4.28. The first kappa shape index (κ1) is 14.6. The number of alkyl halides is 3. The summed E-state index contributed by atoms with van der Waals surface area (Å²) in [7, 11) is 0. The number of thiazole rings is 1. The van der Waals surface area contributed by atoms with Crippen LogP contribution >= 0.6 is 11.3 Å². The van der Waals surface area contributed by atoms with Gasteiger partial charge in [-0.1, -0.05) is 0 Å². The lowest BCUT2D eigenvalue weighted by Crippen LogP contribution is -2.35. The van der Waals surface area contributed by atoms with E-state index in [0.717, 1.165) is 23.5 Å². The Morgan fingerprint density at radius 2 is 2.24 bits per heavy atom. The Hall–Kier alpha value is -1.28. The SMILES string of the molecule is CCN(CC(F)(F)F)c1nc2sccn2c1CNC1CC1. The molecule has 21 heavy (non-hydrogen) atoms. The summed E-state index contributed by atoms with van der Waals surface area (Å²) in [4.78, 5) is 6.42. The number of hydrogen-bond donors (Lipinski definition) is 1. The minimum absolute atomic E-state index is 0.279. The largest absolute Gasteiger partial charge is 0.405 e. The highest BCUT2D eigenvalue weighted by molar-refractivity contribution is 7.15. The topological polar surface area (TPSA) is 32.6 Å². The Kier molecular flexibility index (Phi) is 3.83. The third-order valence-electron chi connectivity index (χ3n) is 3.53. The number of fused-ring (bicyclic) bond motifs is 1. The predicted octanol–water partition coefficient (Wildman–Crippen LogP) is 3.04. The van der Waals surface area contributed by atoms with Crippen LogP contribution in [-0.4, -0.2) is 34.7 Å². The van der Waals surface area contributed by atoms with Crippen molar-refractivity contribution in [3.8, 4) is 0 Å². The minimum Gasteiger partial charge on any atom is -0.346 e. The second kappa shape index (κ2) is 5.49. The van der Waals surface area contributed by atoms with Crippen molar-refractivity contribution in [2.45, 2.75) is 38.5 Å². The maximum Gasteiger partial charge on any atom is 0.405 e. The fraction of sp³-hybridized carbons (Fsp3) is 0.615. The van der Waals surface area contributed by atoms with Gasteiger partial charge in [0.15, 0.2) is 10.8 Å². The first-order valence-electron chi connectivity index (χ1n) is 6.97. The Labute approximate surface area is 124 Å². The van der Waals surface area contributed by atoms with Crippen LogP contribution in [0.5, 0.6) is 0 Å². The summed E-state index contributed by atoms with van der Waals surface area (Å²) in [6, 6.07) is 0.500. The normalized spacial score (nSPS) is 15.8. The van der Waals surface area contributed by atoms with Crippen molar-refractivity contribution >= 4 is 22.1 Å². The molecule has 2 heterocycles. The molecule has 8 heteroatoms. The van der Waals surface area contributed by atoms with Gasteiger partial charge in [0.05, 0.1) is 5.69 Å². The molecule has 3 rings (SSSR count). The van der Waals surface area contributed by atoms with Gasteiger partial charge < -0.3 is 10.2 Å². The van der Waals surface area contributed by atoms with Crippen molar-refractivity contribution in [3.05, 3.63) is 17.3 Å². The molecule has 0 aromatic carbocycles. The predicted molar refractivity (Wildman–Crippen MR) is 76.9 cm³/mol. The monoisotopic (exact) mass is 318 g/mol. The fourth-order valence-corrected chi connectivity index (χ4v) is 3.05. The van der Waals surface area contributed by atoms with Crippen molar-refractivity contribution in [3.63, 3.8) is 0 Å². The zero-order valence-corrected chi connectivity index (χ0v) is 12.5. The Bertz CT molecular complexity index is 614. The molecule has 0 atom stereocenters.